The number of methoxy groups -OCH3 is 1. The molecule has 0 saturated carbocycles. The Labute approximate surface area is 124 Å². The molecule has 0 fully saturated rings. The average Bonchev–Trinajstić information content (AvgIpc) is 2.50. The van der Waals surface area contributed by atoms with E-state index in [9.17, 15) is 8.42 Å². The second kappa shape index (κ2) is 8.60. The van der Waals surface area contributed by atoms with Gasteiger partial charge in [-0.3, -0.25) is 0 Å². The molecular weight excluding hydrogens is 296 g/mol. The molecule has 0 aliphatic heterocycles. The fourth-order valence-corrected chi connectivity index (χ4v) is 2.77. The molecule has 8 heteroatoms. The molecule has 1 aromatic carbocycles. The predicted octanol–water partition coefficient (Wildman–Crippen LogP) is 0.608. The van der Waals surface area contributed by atoms with Crippen molar-refractivity contribution in [2.75, 3.05) is 32.7 Å². The number of sulfone groups is 1. The first-order chi connectivity index (χ1) is 10.0. The third kappa shape index (κ3) is 5.70. The van der Waals surface area contributed by atoms with E-state index in [1.165, 1.54) is 12.1 Å². The molecule has 118 valence electrons. The predicted molar refractivity (Wildman–Crippen MR) is 78.3 cm³/mol. The number of hydrogen-bond donors (Lipinski definition) is 2. The third-order valence-corrected chi connectivity index (χ3v) is 4.41. The molecule has 3 N–H and O–H groups in total. The summed E-state index contributed by atoms with van der Waals surface area (Å²) < 4.78 is 34.4. The van der Waals surface area contributed by atoms with Gasteiger partial charge in [-0.05, 0) is 18.6 Å². The maximum absolute atomic E-state index is 12.1. The van der Waals surface area contributed by atoms with E-state index in [4.69, 9.17) is 20.4 Å². The summed E-state index contributed by atoms with van der Waals surface area (Å²) in [6, 6.07) is 5.94. The average molecular weight is 316 g/mol. The standard InChI is InChI=1S/C13H20N2O5S/c1-19-6-3-7-20-8-9-21(17,18)12-5-2-4-11(10-12)13(14)15-16/h2,4-5,10,16H,3,6-9H2,1H3,(H2,14,15). The summed E-state index contributed by atoms with van der Waals surface area (Å²) in [7, 11) is -1.87. The van der Waals surface area contributed by atoms with Gasteiger partial charge in [0.2, 0.25) is 0 Å². The number of nitrogens with zero attached hydrogens (tertiary/aromatic N) is 1. The van der Waals surface area contributed by atoms with E-state index in [1.54, 1.807) is 19.2 Å². The van der Waals surface area contributed by atoms with Crippen LogP contribution in [-0.4, -0.2) is 52.1 Å². The van der Waals surface area contributed by atoms with Crippen molar-refractivity contribution in [2.45, 2.75) is 11.3 Å². The second-order valence-electron chi connectivity index (χ2n) is 4.29. The van der Waals surface area contributed by atoms with Crippen LogP contribution in [-0.2, 0) is 19.3 Å². The van der Waals surface area contributed by atoms with Gasteiger partial charge in [-0.1, -0.05) is 17.3 Å². The van der Waals surface area contributed by atoms with Crippen LogP contribution in [0.1, 0.15) is 12.0 Å². The number of benzene rings is 1. The summed E-state index contributed by atoms with van der Waals surface area (Å²) >= 11 is 0. The fourth-order valence-electron chi connectivity index (χ4n) is 1.60. The van der Waals surface area contributed by atoms with Gasteiger partial charge in [0, 0.05) is 25.9 Å². The first-order valence-electron chi connectivity index (χ1n) is 6.38. The number of oxime groups is 1. The van der Waals surface area contributed by atoms with Crippen molar-refractivity contribution >= 4 is 15.7 Å². The van der Waals surface area contributed by atoms with Gasteiger partial charge in [-0.25, -0.2) is 8.42 Å². The van der Waals surface area contributed by atoms with E-state index in [1.807, 2.05) is 0 Å². The SMILES string of the molecule is COCCCOCCS(=O)(=O)c1cccc(/C(N)=N/O)c1. The Kier molecular flexibility index (Phi) is 7.13. The first-order valence-corrected chi connectivity index (χ1v) is 8.04. The van der Waals surface area contributed by atoms with Gasteiger partial charge < -0.3 is 20.4 Å². The molecule has 0 spiro atoms. The number of rotatable bonds is 9. The highest BCUT2D eigenvalue weighted by Gasteiger charge is 2.15. The van der Waals surface area contributed by atoms with Crippen molar-refractivity contribution in [3.8, 4) is 0 Å². The van der Waals surface area contributed by atoms with Crippen LogP contribution in [0.3, 0.4) is 0 Å². The summed E-state index contributed by atoms with van der Waals surface area (Å²) in [5.41, 5.74) is 5.79. The van der Waals surface area contributed by atoms with Gasteiger partial charge in [-0.2, -0.15) is 0 Å². The van der Waals surface area contributed by atoms with Gasteiger partial charge in [0.1, 0.15) is 0 Å². The molecule has 1 aromatic rings. The van der Waals surface area contributed by atoms with Crippen molar-refractivity contribution in [3.05, 3.63) is 29.8 Å². The number of ether oxygens (including phenoxy) is 2. The minimum atomic E-state index is -3.47. The lowest BCUT2D eigenvalue weighted by Gasteiger charge is -2.07. The Hall–Kier alpha value is -1.64. The molecule has 0 atom stereocenters. The fraction of sp³-hybridized carbons (Fsp3) is 0.462. The molecule has 0 aliphatic carbocycles. The molecule has 0 saturated heterocycles. The summed E-state index contributed by atoms with van der Waals surface area (Å²) in [5, 5.41) is 11.5. The van der Waals surface area contributed by atoms with Crippen molar-refractivity contribution in [3.63, 3.8) is 0 Å². The zero-order valence-corrected chi connectivity index (χ0v) is 12.7. The van der Waals surface area contributed by atoms with Crippen LogP contribution < -0.4 is 5.73 Å². The Morgan fingerprint density at radius 3 is 2.76 bits per heavy atom. The number of hydrogen-bond acceptors (Lipinski definition) is 6. The Morgan fingerprint density at radius 2 is 2.10 bits per heavy atom. The van der Waals surface area contributed by atoms with Crippen molar-refractivity contribution in [1.82, 2.24) is 0 Å². The number of amidine groups is 1. The van der Waals surface area contributed by atoms with Crippen molar-refractivity contribution in [1.29, 1.82) is 0 Å². The highest BCUT2D eigenvalue weighted by molar-refractivity contribution is 7.91. The zero-order valence-electron chi connectivity index (χ0n) is 11.9. The Balaban J connectivity index is 2.62. The topological polar surface area (TPSA) is 111 Å². The third-order valence-electron chi connectivity index (χ3n) is 2.73. The molecule has 0 heterocycles. The van der Waals surface area contributed by atoms with Crippen LogP contribution in [0.15, 0.2) is 34.3 Å². The summed E-state index contributed by atoms with van der Waals surface area (Å²) in [4.78, 5) is 0.118. The van der Waals surface area contributed by atoms with Crippen LogP contribution >= 0.6 is 0 Å². The van der Waals surface area contributed by atoms with Crippen LogP contribution in [0, 0.1) is 0 Å². The first kappa shape index (κ1) is 17.4. The number of nitrogens with two attached hydrogens (primary N) is 1. The van der Waals surface area contributed by atoms with Crippen LogP contribution in [0.2, 0.25) is 0 Å². The molecule has 21 heavy (non-hydrogen) atoms. The molecule has 1 rings (SSSR count). The Morgan fingerprint density at radius 1 is 1.33 bits per heavy atom. The maximum atomic E-state index is 12.1. The maximum Gasteiger partial charge on any atom is 0.180 e. The second-order valence-corrected chi connectivity index (χ2v) is 6.40. The minimum Gasteiger partial charge on any atom is -0.409 e. The monoisotopic (exact) mass is 316 g/mol. The van der Waals surface area contributed by atoms with Gasteiger partial charge >= 0.3 is 0 Å². The quantitative estimate of drug-likeness (QED) is 0.227. The van der Waals surface area contributed by atoms with Crippen molar-refractivity contribution in [2.24, 2.45) is 10.9 Å². The minimum absolute atomic E-state index is 0.111. The lowest BCUT2D eigenvalue weighted by molar-refractivity contribution is 0.112. The highest BCUT2D eigenvalue weighted by atomic mass is 32.2. The van der Waals surface area contributed by atoms with Gasteiger partial charge in [0.25, 0.3) is 0 Å². The summed E-state index contributed by atoms with van der Waals surface area (Å²) in [6.07, 6.45) is 0.718. The molecule has 0 aliphatic rings. The smallest absolute Gasteiger partial charge is 0.180 e. The van der Waals surface area contributed by atoms with Gasteiger partial charge in [0.15, 0.2) is 15.7 Å². The Bertz CT molecular complexity index is 572. The molecule has 0 aromatic heterocycles. The molecule has 7 nitrogen and oxygen atoms in total. The van der Waals surface area contributed by atoms with Crippen molar-refractivity contribution < 1.29 is 23.1 Å². The molecular formula is C13H20N2O5S. The lowest BCUT2D eigenvalue weighted by Crippen LogP contribution is -2.16. The summed E-state index contributed by atoms with van der Waals surface area (Å²) in [6.45, 7) is 1.14. The highest BCUT2D eigenvalue weighted by Crippen LogP contribution is 2.13. The van der Waals surface area contributed by atoms with Crippen LogP contribution in [0.4, 0.5) is 0 Å². The van der Waals surface area contributed by atoms with E-state index < -0.39 is 9.84 Å². The van der Waals surface area contributed by atoms with E-state index in [-0.39, 0.29) is 23.1 Å². The van der Waals surface area contributed by atoms with E-state index >= 15 is 0 Å². The van der Waals surface area contributed by atoms with E-state index in [2.05, 4.69) is 5.16 Å². The van der Waals surface area contributed by atoms with E-state index in [0.29, 0.717) is 18.8 Å². The van der Waals surface area contributed by atoms with Crippen LogP contribution in [0.25, 0.3) is 0 Å². The van der Waals surface area contributed by atoms with E-state index in [0.717, 1.165) is 6.42 Å². The largest absolute Gasteiger partial charge is 0.409 e. The normalized spacial score (nSPS) is 12.5. The summed E-state index contributed by atoms with van der Waals surface area (Å²) in [5.74, 6) is -0.262. The zero-order chi connectivity index (χ0) is 15.7. The molecule has 0 unspecified atom stereocenters. The van der Waals surface area contributed by atoms with Gasteiger partial charge in [0.05, 0.1) is 17.3 Å². The molecule has 0 amide bonds. The molecule has 0 bridgehead atoms. The molecule has 0 radical (unpaired) electrons. The van der Waals surface area contributed by atoms with Gasteiger partial charge in [-0.15, -0.1) is 0 Å². The lowest BCUT2D eigenvalue weighted by atomic mass is 10.2. The van der Waals surface area contributed by atoms with Crippen LogP contribution in [0.5, 0.6) is 0 Å².